The number of carbonyl (C=O) groups excluding carboxylic acids is 1. The Kier molecular flexibility index (Phi) is 3.85. The van der Waals surface area contributed by atoms with E-state index in [-0.39, 0.29) is 11.6 Å². The fraction of sp³-hybridized carbons (Fsp3) is 0.929. The van der Waals surface area contributed by atoms with Crippen LogP contribution in [0.3, 0.4) is 0 Å². The summed E-state index contributed by atoms with van der Waals surface area (Å²) >= 11 is 0. The molecule has 4 heteroatoms. The van der Waals surface area contributed by atoms with E-state index in [9.17, 15) is 4.79 Å². The summed E-state index contributed by atoms with van der Waals surface area (Å²) in [6, 6.07) is 0.362. The number of amides is 2. The Morgan fingerprint density at radius 1 is 1.33 bits per heavy atom. The number of hydrogen-bond acceptors (Lipinski definition) is 2. The Hall–Kier alpha value is -0.770. The number of rotatable bonds is 4. The van der Waals surface area contributed by atoms with Crippen LogP contribution in [0.1, 0.15) is 46.5 Å². The molecule has 104 valence electrons. The maximum Gasteiger partial charge on any atom is 0.315 e. The van der Waals surface area contributed by atoms with Crippen molar-refractivity contribution in [3.63, 3.8) is 0 Å². The summed E-state index contributed by atoms with van der Waals surface area (Å²) in [5, 5.41) is 6.17. The van der Waals surface area contributed by atoms with Gasteiger partial charge in [0.1, 0.15) is 0 Å². The van der Waals surface area contributed by atoms with Crippen LogP contribution < -0.4 is 16.4 Å². The lowest BCUT2D eigenvalue weighted by molar-refractivity contribution is 0.138. The van der Waals surface area contributed by atoms with Crippen molar-refractivity contribution in [3.8, 4) is 0 Å². The quantitative estimate of drug-likeness (QED) is 0.716. The Morgan fingerprint density at radius 2 is 2.06 bits per heavy atom. The smallest absolute Gasteiger partial charge is 0.315 e. The predicted molar refractivity (Wildman–Crippen MR) is 73.2 cm³/mol. The van der Waals surface area contributed by atoms with Crippen LogP contribution in [-0.2, 0) is 0 Å². The van der Waals surface area contributed by atoms with E-state index in [0.29, 0.717) is 17.9 Å². The lowest BCUT2D eigenvalue weighted by atomic mass is 9.71. The zero-order chi connectivity index (χ0) is 13.3. The van der Waals surface area contributed by atoms with Gasteiger partial charge in [-0.05, 0) is 63.8 Å². The highest BCUT2D eigenvalue weighted by Crippen LogP contribution is 2.49. The molecule has 2 rings (SSSR count). The van der Waals surface area contributed by atoms with E-state index in [2.05, 4.69) is 31.4 Å². The van der Waals surface area contributed by atoms with E-state index in [1.165, 1.54) is 12.8 Å². The molecule has 2 saturated carbocycles. The molecule has 0 spiro atoms. The largest absolute Gasteiger partial charge is 0.335 e. The lowest BCUT2D eigenvalue weighted by Gasteiger charge is -2.41. The van der Waals surface area contributed by atoms with Crippen molar-refractivity contribution in [1.82, 2.24) is 10.6 Å². The summed E-state index contributed by atoms with van der Waals surface area (Å²) in [4.78, 5) is 11.9. The zero-order valence-electron chi connectivity index (χ0n) is 11.8. The topological polar surface area (TPSA) is 67.2 Å². The highest BCUT2D eigenvalue weighted by atomic mass is 16.2. The van der Waals surface area contributed by atoms with Gasteiger partial charge in [0.05, 0.1) is 0 Å². The monoisotopic (exact) mass is 253 g/mol. The maximum absolute atomic E-state index is 11.9. The summed E-state index contributed by atoms with van der Waals surface area (Å²) in [6.07, 6.45) is 4.54. The average Bonchev–Trinajstić information content (AvgIpc) is 2.63. The Labute approximate surface area is 110 Å². The van der Waals surface area contributed by atoms with Crippen LogP contribution in [-0.4, -0.2) is 24.2 Å². The normalized spacial score (nSPS) is 34.7. The van der Waals surface area contributed by atoms with Gasteiger partial charge in [-0.1, -0.05) is 6.92 Å². The zero-order valence-corrected chi connectivity index (χ0v) is 11.8. The Balaban J connectivity index is 1.77. The molecule has 4 unspecified atom stereocenters. The summed E-state index contributed by atoms with van der Waals surface area (Å²) < 4.78 is 0. The average molecular weight is 253 g/mol. The minimum Gasteiger partial charge on any atom is -0.335 e. The number of nitrogens with two attached hydrogens (primary N) is 1. The number of fused-ring (bicyclic) bond motifs is 1. The van der Waals surface area contributed by atoms with Gasteiger partial charge in [-0.3, -0.25) is 0 Å². The molecule has 0 aliphatic heterocycles. The third-order valence-corrected chi connectivity index (χ3v) is 4.91. The molecular weight excluding hydrogens is 226 g/mol. The van der Waals surface area contributed by atoms with Crippen molar-refractivity contribution < 1.29 is 4.79 Å². The van der Waals surface area contributed by atoms with Gasteiger partial charge in [0.15, 0.2) is 0 Å². The molecule has 2 aliphatic carbocycles. The SMILES string of the molecule is CCC(C)(C)NC(=O)NC1CC2CC(CN)CC21. The number of hydrogen-bond donors (Lipinski definition) is 3. The highest BCUT2D eigenvalue weighted by molar-refractivity contribution is 5.75. The van der Waals surface area contributed by atoms with E-state index in [4.69, 9.17) is 5.73 Å². The predicted octanol–water partition coefficient (Wildman–Crippen LogP) is 1.85. The summed E-state index contributed by atoms with van der Waals surface area (Å²) in [5.41, 5.74) is 5.61. The molecule has 4 N–H and O–H groups in total. The molecule has 18 heavy (non-hydrogen) atoms. The fourth-order valence-electron chi connectivity index (χ4n) is 3.30. The maximum atomic E-state index is 11.9. The van der Waals surface area contributed by atoms with Crippen LogP contribution in [0.5, 0.6) is 0 Å². The molecule has 0 aromatic carbocycles. The first-order valence-corrected chi connectivity index (χ1v) is 7.24. The molecule has 2 aliphatic rings. The fourth-order valence-corrected chi connectivity index (χ4v) is 3.30. The van der Waals surface area contributed by atoms with Gasteiger partial charge in [0, 0.05) is 11.6 Å². The van der Waals surface area contributed by atoms with Gasteiger partial charge in [-0.25, -0.2) is 4.79 Å². The van der Waals surface area contributed by atoms with E-state index in [1.54, 1.807) is 0 Å². The minimum atomic E-state index is -0.122. The second kappa shape index (κ2) is 5.08. The number of urea groups is 1. The van der Waals surface area contributed by atoms with Gasteiger partial charge in [0.25, 0.3) is 0 Å². The summed E-state index contributed by atoms with van der Waals surface area (Å²) in [7, 11) is 0. The van der Waals surface area contributed by atoms with Gasteiger partial charge < -0.3 is 16.4 Å². The van der Waals surface area contributed by atoms with Gasteiger partial charge in [-0.15, -0.1) is 0 Å². The molecule has 4 nitrogen and oxygen atoms in total. The first-order chi connectivity index (χ1) is 8.45. The third kappa shape index (κ3) is 2.79. The second-order valence-electron chi connectivity index (χ2n) is 6.68. The van der Waals surface area contributed by atoms with Crippen molar-refractivity contribution in [3.05, 3.63) is 0 Å². The van der Waals surface area contributed by atoms with E-state index in [1.807, 2.05) is 0 Å². The van der Waals surface area contributed by atoms with E-state index >= 15 is 0 Å². The van der Waals surface area contributed by atoms with E-state index in [0.717, 1.165) is 25.3 Å². The van der Waals surface area contributed by atoms with Crippen LogP contribution in [0, 0.1) is 17.8 Å². The van der Waals surface area contributed by atoms with Gasteiger partial charge >= 0.3 is 6.03 Å². The molecule has 0 aromatic heterocycles. The van der Waals surface area contributed by atoms with Crippen LogP contribution in [0.15, 0.2) is 0 Å². The molecule has 0 heterocycles. The molecule has 4 atom stereocenters. The molecule has 2 fully saturated rings. The third-order valence-electron chi connectivity index (χ3n) is 4.91. The lowest BCUT2D eigenvalue weighted by Crippen LogP contribution is -2.56. The van der Waals surface area contributed by atoms with Crippen molar-refractivity contribution in [2.75, 3.05) is 6.54 Å². The van der Waals surface area contributed by atoms with Gasteiger partial charge in [-0.2, -0.15) is 0 Å². The van der Waals surface area contributed by atoms with Crippen molar-refractivity contribution in [2.24, 2.45) is 23.5 Å². The standard InChI is InChI=1S/C14H27N3O/c1-4-14(2,3)17-13(18)16-12-7-10-5-9(8-15)6-11(10)12/h9-12H,4-8,15H2,1-3H3,(H2,16,17,18). The van der Waals surface area contributed by atoms with Crippen LogP contribution in [0.25, 0.3) is 0 Å². The number of nitrogens with one attached hydrogen (secondary N) is 2. The molecular formula is C14H27N3O. The Morgan fingerprint density at radius 3 is 2.67 bits per heavy atom. The highest BCUT2D eigenvalue weighted by Gasteiger charge is 2.47. The minimum absolute atomic E-state index is 0.0125. The number of carbonyl (C=O) groups is 1. The Bertz CT molecular complexity index is 316. The van der Waals surface area contributed by atoms with E-state index < -0.39 is 0 Å². The molecule has 0 bridgehead atoms. The first kappa shape index (κ1) is 13.7. The van der Waals surface area contributed by atoms with Crippen molar-refractivity contribution >= 4 is 6.03 Å². The first-order valence-electron chi connectivity index (χ1n) is 7.24. The van der Waals surface area contributed by atoms with Crippen LogP contribution in [0.4, 0.5) is 4.79 Å². The summed E-state index contributed by atoms with van der Waals surface area (Å²) in [6.45, 7) is 6.99. The van der Waals surface area contributed by atoms with Crippen molar-refractivity contribution in [2.45, 2.75) is 58.0 Å². The van der Waals surface area contributed by atoms with Crippen LogP contribution in [0.2, 0.25) is 0 Å². The molecule has 0 radical (unpaired) electrons. The summed E-state index contributed by atoms with van der Waals surface area (Å²) in [5.74, 6) is 2.17. The van der Waals surface area contributed by atoms with Crippen molar-refractivity contribution in [1.29, 1.82) is 0 Å². The van der Waals surface area contributed by atoms with Crippen LogP contribution >= 0.6 is 0 Å². The second-order valence-corrected chi connectivity index (χ2v) is 6.68. The van der Waals surface area contributed by atoms with Gasteiger partial charge in [0.2, 0.25) is 0 Å². The molecule has 2 amide bonds. The molecule has 0 saturated heterocycles. The molecule has 0 aromatic rings.